The zero-order valence-corrected chi connectivity index (χ0v) is 13.2. The van der Waals surface area contributed by atoms with Gasteiger partial charge in [0.15, 0.2) is 0 Å². The monoisotopic (exact) mass is 340 g/mol. The molecular formula is C14H18BrFN4. The molecule has 0 aliphatic carbocycles. The molecule has 108 valence electrons. The van der Waals surface area contributed by atoms with Crippen molar-refractivity contribution in [1.29, 1.82) is 0 Å². The molecule has 0 saturated heterocycles. The van der Waals surface area contributed by atoms with Crippen molar-refractivity contribution in [3.8, 4) is 0 Å². The normalized spacial score (nSPS) is 12.6. The number of benzene rings is 1. The molecule has 1 aromatic carbocycles. The van der Waals surface area contributed by atoms with E-state index in [0.29, 0.717) is 6.42 Å². The molecule has 4 nitrogen and oxygen atoms in total. The van der Waals surface area contributed by atoms with Crippen molar-refractivity contribution in [2.75, 3.05) is 6.54 Å². The zero-order chi connectivity index (χ0) is 14.5. The third kappa shape index (κ3) is 4.11. The number of rotatable bonds is 6. The van der Waals surface area contributed by atoms with Crippen LogP contribution in [0.1, 0.15) is 30.6 Å². The van der Waals surface area contributed by atoms with Crippen LogP contribution in [-0.2, 0) is 13.5 Å². The molecule has 0 aliphatic heterocycles. The third-order valence-corrected chi connectivity index (χ3v) is 3.45. The van der Waals surface area contributed by atoms with Gasteiger partial charge in [0.25, 0.3) is 0 Å². The highest BCUT2D eigenvalue weighted by Gasteiger charge is 2.15. The summed E-state index contributed by atoms with van der Waals surface area (Å²) in [5.74, 6) is -0.239. The summed E-state index contributed by atoms with van der Waals surface area (Å²) >= 11 is 3.34. The first kappa shape index (κ1) is 15.1. The van der Waals surface area contributed by atoms with Crippen LogP contribution in [0.2, 0.25) is 0 Å². The molecule has 0 spiro atoms. The summed E-state index contributed by atoms with van der Waals surface area (Å²) in [6.45, 7) is 2.98. The first-order valence-corrected chi connectivity index (χ1v) is 7.42. The van der Waals surface area contributed by atoms with E-state index in [-0.39, 0.29) is 11.9 Å². The smallest absolute Gasteiger partial charge is 0.124 e. The van der Waals surface area contributed by atoms with Crippen LogP contribution in [0.5, 0.6) is 0 Å². The van der Waals surface area contributed by atoms with Crippen LogP contribution < -0.4 is 5.32 Å². The van der Waals surface area contributed by atoms with E-state index in [0.717, 1.165) is 28.7 Å². The molecule has 20 heavy (non-hydrogen) atoms. The SMILES string of the molecule is CCCNC(Cc1cn(C)nn1)c1cc(F)cc(Br)c1. The van der Waals surface area contributed by atoms with Crippen LogP contribution in [0.25, 0.3) is 0 Å². The summed E-state index contributed by atoms with van der Waals surface area (Å²) in [4.78, 5) is 0. The van der Waals surface area contributed by atoms with Gasteiger partial charge in [-0.25, -0.2) is 4.39 Å². The lowest BCUT2D eigenvalue weighted by Crippen LogP contribution is -2.24. The lowest BCUT2D eigenvalue weighted by Gasteiger charge is -2.18. The minimum atomic E-state index is -0.239. The molecule has 0 saturated carbocycles. The van der Waals surface area contributed by atoms with Crippen molar-refractivity contribution in [2.45, 2.75) is 25.8 Å². The van der Waals surface area contributed by atoms with Crippen LogP contribution in [0, 0.1) is 5.82 Å². The Hall–Kier alpha value is -1.27. The second-order valence-corrected chi connectivity index (χ2v) is 5.71. The molecule has 6 heteroatoms. The summed E-state index contributed by atoms with van der Waals surface area (Å²) in [7, 11) is 1.84. The van der Waals surface area contributed by atoms with Gasteiger partial charge in [-0.2, -0.15) is 0 Å². The van der Waals surface area contributed by atoms with E-state index < -0.39 is 0 Å². The number of hydrogen-bond acceptors (Lipinski definition) is 3. The first-order chi connectivity index (χ1) is 9.58. The summed E-state index contributed by atoms with van der Waals surface area (Å²) < 4.78 is 16.0. The number of hydrogen-bond donors (Lipinski definition) is 1. The van der Waals surface area contributed by atoms with Crippen molar-refractivity contribution in [3.63, 3.8) is 0 Å². The van der Waals surface area contributed by atoms with Gasteiger partial charge < -0.3 is 5.32 Å². The quantitative estimate of drug-likeness (QED) is 0.878. The molecule has 1 heterocycles. The Morgan fingerprint density at radius 1 is 1.40 bits per heavy atom. The highest BCUT2D eigenvalue weighted by atomic mass is 79.9. The van der Waals surface area contributed by atoms with Gasteiger partial charge in [-0.3, -0.25) is 4.68 Å². The molecule has 1 N–H and O–H groups in total. The van der Waals surface area contributed by atoms with Crippen LogP contribution in [0.4, 0.5) is 4.39 Å². The second kappa shape index (κ2) is 6.95. The molecule has 0 fully saturated rings. The highest BCUT2D eigenvalue weighted by Crippen LogP contribution is 2.23. The standard InChI is InChI=1S/C14H18BrFN4/c1-3-4-17-14(8-13-9-20(2)19-18-13)10-5-11(15)7-12(16)6-10/h5-7,9,14,17H,3-4,8H2,1-2H3. The van der Waals surface area contributed by atoms with Crippen molar-refractivity contribution in [2.24, 2.45) is 7.05 Å². The molecule has 1 atom stereocenters. The van der Waals surface area contributed by atoms with Crippen molar-refractivity contribution in [3.05, 3.63) is 45.9 Å². The maximum atomic E-state index is 13.6. The highest BCUT2D eigenvalue weighted by molar-refractivity contribution is 9.10. The van der Waals surface area contributed by atoms with Gasteiger partial charge in [-0.15, -0.1) is 5.10 Å². The molecule has 2 aromatic rings. The average molecular weight is 341 g/mol. The average Bonchev–Trinajstić information content (AvgIpc) is 2.79. The Balaban J connectivity index is 2.21. The van der Waals surface area contributed by atoms with Gasteiger partial charge in [0.05, 0.1) is 5.69 Å². The Morgan fingerprint density at radius 2 is 2.20 bits per heavy atom. The van der Waals surface area contributed by atoms with Crippen molar-refractivity contribution in [1.82, 2.24) is 20.3 Å². The largest absolute Gasteiger partial charge is 0.310 e. The maximum Gasteiger partial charge on any atom is 0.124 e. The molecule has 2 rings (SSSR count). The first-order valence-electron chi connectivity index (χ1n) is 6.63. The number of aromatic nitrogens is 3. The predicted molar refractivity (Wildman–Crippen MR) is 79.8 cm³/mol. The van der Waals surface area contributed by atoms with E-state index >= 15 is 0 Å². The molecule has 1 aromatic heterocycles. The van der Waals surface area contributed by atoms with E-state index in [4.69, 9.17) is 0 Å². The van der Waals surface area contributed by atoms with Crippen LogP contribution in [0.15, 0.2) is 28.9 Å². The summed E-state index contributed by atoms with van der Waals surface area (Å²) in [5.41, 5.74) is 1.80. The summed E-state index contributed by atoms with van der Waals surface area (Å²) in [5, 5.41) is 11.5. The maximum absolute atomic E-state index is 13.6. The van der Waals surface area contributed by atoms with Gasteiger partial charge in [-0.05, 0) is 36.7 Å². The molecule has 0 amide bonds. The molecule has 0 bridgehead atoms. The molecule has 0 aliphatic rings. The molecule has 1 unspecified atom stereocenters. The van der Waals surface area contributed by atoms with Gasteiger partial charge in [0, 0.05) is 30.2 Å². The molecular weight excluding hydrogens is 323 g/mol. The van der Waals surface area contributed by atoms with Gasteiger partial charge in [0.2, 0.25) is 0 Å². The number of nitrogens with one attached hydrogen (secondary N) is 1. The van der Waals surface area contributed by atoms with Gasteiger partial charge >= 0.3 is 0 Å². The lowest BCUT2D eigenvalue weighted by molar-refractivity contribution is 0.519. The fourth-order valence-corrected chi connectivity index (χ4v) is 2.58. The van der Waals surface area contributed by atoms with E-state index in [1.165, 1.54) is 6.07 Å². The van der Waals surface area contributed by atoms with Gasteiger partial charge in [-0.1, -0.05) is 28.1 Å². The number of aryl methyl sites for hydroxylation is 1. The Bertz CT molecular complexity index is 550. The number of halogens is 2. The Morgan fingerprint density at radius 3 is 2.80 bits per heavy atom. The van der Waals surface area contributed by atoms with E-state index in [2.05, 4.69) is 38.5 Å². The predicted octanol–water partition coefficient (Wildman–Crippen LogP) is 3.00. The Labute approximate surface area is 126 Å². The van der Waals surface area contributed by atoms with E-state index in [1.54, 1.807) is 10.7 Å². The summed E-state index contributed by atoms with van der Waals surface area (Å²) in [6.07, 6.45) is 3.59. The van der Waals surface area contributed by atoms with Crippen LogP contribution in [-0.4, -0.2) is 21.5 Å². The number of nitrogens with zero attached hydrogens (tertiary/aromatic N) is 3. The minimum absolute atomic E-state index is 0.0265. The lowest BCUT2D eigenvalue weighted by atomic mass is 10.0. The minimum Gasteiger partial charge on any atom is -0.310 e. The topological polar surface area (TPSA) is 42.7 Å². The molecule has 0 radical (unpaired) electrons. The Kier molecular flexibility index (Phi) is 5.25. The second-order valence-electron chi connectivity index (χ2n) is 4.80. The fourth-order valence-electron chi connectivity index (χ4n) is 2.10. The van der Waals surface area contributed by atoms with Crippen LogP contribution >= 0.6 is 15.9 Å². The van der Waals surface area contributed by atoms with Crippen molar-refractivity contribution >= 4 is 15.9 Å². The van der Waals surface area contributed by atoms with Gasteiger partial charge in [0.1, 0.15) is 5.82 Å². The summed E-state index contributed by atoms with van der Waals surface area (Å²) in [6, 6.07) is 4.99. The van der Waals surface area contributed by atoms with E-state index in [9.17, 15) is 4.39 Å². The zero-order valence-electron chi connectivity index (χ0n) is 11.6. The fraction of sp³-hybridized carbons (Fsp3) is 0.429. The third-order valence-electron chi connectivity index (χ3n) is 2.99. The van der Waals surface area contributed by atoms with E-state index in [1.807, 2.05) is 19.3 Å². The van der Waals surface area contributed by atoms with Crippen molar-refractivity contribution < 1.29 is 4.39 Å². The van der Waals surface area contributed by atoms with Crippen LogP contribution in [0.3, 0.4) is 0 Å².